The van der Waals surface area contributed by atoms with E-state index < -0.39 is 16.0 Å². The maximum absolute atomic E-state index is 11.9. The third kappa shape index (κ3) is 5.84. The van der Waals surface area contributed by atoms with Crippen molar-refractivity contribution in [3.05, 3.63) is 0 Å². The van der Waals surface area contributed by atoms with Gasteiger partial charge in [-0.2, -0.15) is 0 Å². The van der Waals surface area contributed by atoms with E-state index in [-0.39, 0.29) is 6.04 Å². The van der Waals surface area contributed by atoms with Crippen molar-refractivity contribution in [2.24, 2.45) is 0 Å². The number of hydrogen-bond acceptors (Lipinski definition) is 2. The first-order valence-corrected chi connectivity index (χ1v) is 17.9. The van der Waals surface area contributed by atoms with Gasteiger partial charge in [-0.25, -0.2) is 0 Å². The molecule has 0 aliphatic carbocycles. The van der Waals surface area contributed by atoms with Gasteiger partial charge in [0.2, 0.25) is 0 Å². The van der Waals surface area contributed by atoms with Gasteiger partial charge >= 0.3 is 103 Å². The SMILES string of the molecule is CCCC[At]([Na])C(=O)[C@H](C)N(C)C. The van der Waals surface area contributed by atoms with Crippen LogP contribution in [0.15, 0.2) is 0 Å². The predicted octanol–water partition coefficient (Wildman–Crippen LogP) is 1.39. The van der Waals surface area contributed by atoms with Crippen LogP contribution < -0.4 is 0 Å². The van der Waals surface area contributed by atoms with Gasteiger partial charge in [-0.15, -0.1) is 0 Å². The third-order valence-electron chi connectivity index (χ3n) is 2.19. The van der Waals surface area contributed by atoms with E-state index in [0.717, 1.165) is 0 Å². The molecule has 13 heavy (non-hydrogen) atoms. The second kappa shape index (κ2) is 7.76. The van der Waals surface area contributed by atoms with Gasteiger partial charge in [0.1, 0.15) is 0 Å². The van der Waals surface area contributed by atoms with E-state index in [0.29, 0.717) is 3.49 Å². The van der Waals surface area contributed by atoms with Crippen molar-refractivity contribution in [2.45, 2.75) is 36.9 Å². The van der Waals surface area contributed by atoms with Crippen LogP contribution in [0.25, 0.3) is 0 Å². The monoisotopic (exact) mass is 390 g/mol. The molecule has 4 heteroatoms. The number of carbonyl (C=O) groups excluding carboxylic acids is 1. The van der Waals surface area contributed by atoms with Crippen LogP contribution >= 0.6 is 0 Å². The number of unbranched alkanes of at least 4 members (excludes halogenated alkanes) is 1. The molecule has 0 aromatic heterocycles. The molecule has 0 aliphatic heterocycles. The summed E-state index contributed by atoms with van der Waals surface area (Å²) in [6.07, 6.45) is 2.52. The van der Waals surface area contributed by atoms with E-state index >= 15 is 0 Å². The molecule has 0 unspecified atom stereocenters. The maximum atomic E-state index is 11.9. The normalized spacial score (nSPS) is 14.5. The zero-order valence-corrected chi connectivity index (χ0v) is 14.4. The molecular weight excluding hydrogens is 371 g/mol. The first-order valence-electron chi connectivity index (χ1n) is 4.76. The zero-order valence-electron chi connectivity index (χ0n) is 9.43. The van der Waals surface area contributed by atoms with E-state index in [2.05, 4.69) is 6.92 Å². The molecule has 0 fully saturated rings. The van der Waals surface area contributed by atoms with Crippen molar-refractivity contribution < 1.29 is 20.8 Å². The first kappa shape index (κ1) is 14.5. The molecule has 0 bridgehead atoms. The minimum absolute atomic E-state index is 0.179. The second-order valence-electron chi connectivity index (χ2n) is 3.58. The van der Waals surface area contributed by atoms with Crippen molar-refractivity contribution in [3.63, 3.8) is 0 Å². The van der Waals surface area contributed by atoms with Crippen molar-refractivity contribution in [1.29, 1.82) is 0 Å². The van der Waals surface area contributed by atoms with Crippen LogP contribution in [0.1, 0.15) is 26.7 Å². The second-order valence-corrected chi connectivity index (χ2v) is 19.1. The molecule has 0 spiro atoms. The van der Waals surface area contributed by atoms with Crippen molar-refractivity contribution in [1.82, 2.24) is 4.90 Å². The van der Waals surface area contributed by atoms with Crippen LogP contribution in [-0.2, 0) is 4.79 Å². The summed E-state index contributed by atoms with van der Waals surface area (Å²) in [6.45, 7) is 4.25. The zero-order chi connectivity index (χ0) is 10.4. The van der Waals surface area contributed by atoms with Crippen LogP contribution in [-0.4, -0.2) is 51.3 Å². The Hall–Kier alpha value is 1.51. The van der Waals surface area contributed by atoms with Crippen LogP contribution in [0, 0.1) is 16.0 Å². The first-order chi connectivity index (χ1) is 6.00. The molecule has 0 aromatic rings. The molecule has 0 aliphatic rings. The fraction of sp³-hybridized carbons (Fsp3) is 0.889. The average Bonchev–Trinajstić information content (AvgIpc) is 2.11. The van der Waals surface area contributed by atoms with Crippen molar-refractivity contribution in [3.8, 4) is 0 Å². The van der Waals surface area contributed by atoms with Crippen LogP contribution in [0.3, 0.4) is 0 Å². The quantitative estimate of drug-likeness (QED) is 0.639. The third-order valence-corrected chi connectivity index (χ3v) is 15.7. The number of likely N-dealkylation sites (N-methyl/N-ethyl adjacent to an activating group) is 1. The van der Waals surface area contributed by atoms with Crippen molar-refractivity contribution >= 4 is 26.3 Å². The molecule has 0 rings (SSSR count). The van der Waals surface area contributed by atoms with Gasteiger partial charge in [0.05, 0.1) is 0 Å². The fourth-order valence-electron chi connectivity index (χ4n) is 0.900. The fourth-order valence-corrected chi connectivity index (χ4v) is 12.2. The summed E-state index contributed by atoms with van der Waals surface area (Å²) in [6, 6.07) is 0.179. The summed E-state index contributed by atoms with van der Waals surface area (Å²) >= 11 is -0.223. The Bertz CT molecular complexity index is 164. The molecule has 0 radical (unpaired) electrons. The Morgan fingerprint density at radius 3 is 2.46 bits per heavy atom. The summed E-state index contributed by atoms with van der Waals surface area (Å²) in [7, 11) is 4.00. The molecule has 74 valence electrons. The van der Waals surface area contributed by atoms with Crippen LogP contribution in [0.2, 0.25) is 4.13 Å². The molecule has 0 N–H and O–H groups in total. The van der Waals surface area contributed by atoms with Gasteiger partial charge in [0, 0.05) is 0 Å². The molecule has 0 aromatic carbocycles. The minimum atomic E-state index is -1.41. The van der Waals surface area contributed by atoms with E-state index in [4.69, 9.17) is 0 Å². The van der Waals surface area contributed by atoms with Crippen LogP contribution in [0.5, 0.6) is 0 Å². The van der Waals surface area contributed by atoms with E-state index in [9.17, 15) is 4.79 Å². The molecular formula is C9H19AtNNaO. The number of carbonyl (C=O) groups is 1. The van der Waals surface area contributed by atoms with Gasteiger partial charge in [-0.05, 0) is 0 Å². The molecule has 0 saturated heterocycles. The molecule has 0 amide bonds. The Labute approximate surface area is 102 Å². The number of hydrogen-bond donors (Lipinski definition) is 0. The summed E-state index contributed by atoms with van der Waals surface area (Å²) in [4.78, 5) is 13.9. The van der Waals surface area contributed by atoms with Gasteiger partial charge < -0.3 is 0 Å². The van der Waals surface area contributed by atoms with E-state index in [1.165, 1.54) is 39.8 Å². The van der Waals surface area contributed by atoms with Gasteiger partial charge in [0.15, 0.2) is 0 Å². The average molecular weight is 390 g/mol. The number of nitrogens with zero attached hydrogens (tertiary/aromatic N) is 1. The predicted molar refractivity (Wildman–Crippen MR) is 53.6 cm³/mol. The summed E-state index contributed by atoms with van der Waals surface area (Å²) in [5, 5.41) is 0. The van der Waals surface area contributed by atoms with E-state index in [1.54, 1.807) is 0 Å². The van der Waals surface area contributed by atoms with Gasteiger partial charge in [-0.1, -0.05) is 0 Å². The molecule has 0 saturated carbocycles. The Balaban J connectivity index is 3.94. The number of rotatable bonds is 6. The standard InChI is InChI=1S/C9H19AtNO.Na/c1-5-6-7-10-9(12)8(2)11(3)4;/h8H,5-7H2,1-4H3;/q+1;-1/t8-;/m0./s1. The summed E-state index contributed by atoms with van der Waals surface area (Å²) in [5.74, 6) is 0. The van der Waals surface area contributed by atoms with Crippen LogP contribution in [0.4, 0.5) is 0 Å². The Kier molecular flexibility index (Phi) is 8.66. The van der Waals surface area contributed by atoms with Gasteiger partial charge in [0.25, 0.3) is 0 Å². The topological polar surface area (TPSA) is 20.3 Å². The molecule has 2 nitrogen and oxygen atoms in total. The summed E-state index contributed by atoms with van der Waals surface area (Å²) in [5.41, 5.74) is 0. The Morgan fingerprint density at radius 1 is 1.54 bits per heavy atom. The van der Waals surface area contributed by atoms with Gasteiger partial charge in [-0.3, -0.25) is 0 Å². The summed E-state index contributed by atoms with van der Waals surface area (Å²) < 4.78 is 1.90. The van der Waals surface area contributed by atoms with Crippen molar-refractivity contribution in [2.75, 3.05) is 14.1 Å². The Morgan fingerprint density at radius 2 is 2.08 bits per heavy atom. The van der Waals surface area contributed by atoms with E-state index in [1.807, 2.05) is 25.9 Å². The molecule has 1 atom stereocenters. The molecule has 0 heterocycles.